The molecule has 0 atom stereocenters. The largest absolute Gasteiger partial charge is 0.435 e. The predicted molar refractivity (Wildman–Crippen MR) is 109 cm³/mol. The van der Waals surface area contributed by atoms with Crippen molar-refractivity contribution in [3.05, 3.63) is 59.7 Å². The zero-order chi connectivity index (χ0) is 23.1. The third-order valence-corrected chi connectivity index (χ3v) is 4.63. The Morgan fingerprint density at radius 2 is 1.78 bits per heavy atom. The summed E-state index contributed by atoms with van der Waals surface area (Å²) >= 11 is 0. The maximum absolute atomic E-state index is 12.6. The van der Waals surface area contributed by atoms with Crippen molar-refractivity contribution in [2.45, 2.75) is 32.6 Å². The number of halogens is 4. The molecule has 3 rings (SSSR count). The highest BCUT2D eigenvalue weighted by Crippen LogP contribution is 2.28. The summed E-state index contributed by atoms with van der Waals surface area (Å²) in [5, 5.41) is 2.65. The highest BCUT2D eigenvalue weighted by Gasteiger charge is 2.21. The summed E-state index contributed by atoms with van der Waals surface area (Å²) in [6, 6.07) is 10.5. The van der Waals surface area contributed by atoms with Gasteiger partial charge in [-0.25, -0.2) is 0 Å². The van der Waals surface area contributed by atoms with Crippen LogP contribution in [0, 0.1) is 0 Å². The standard InChI is InChI=1S/C22H20F4N2O4/c23-21(24)31-17-9-5-15(18(12-17)32-22(25)26)6-10-19(29)27-13-14-3-7-16(8-4-14)28-11-1-2-20(28)30/h3-10,12,21-22H,1-2,11,13H2,(H,27,29)/b10-6+. The number of nitrogens with one attached hydrogen (secondary N) is 1. The molecule has 10 heteroatoms. The van der Waals surface area contributed by atoms with Crippen LogP contribution in [0.2, 0.25) is 0 Å². The van der Waals surface area contributed by atoms with Gasteiger partial charge in [-0.15, -0.1) is 0 Å². The average molecular weight is 452 g/mol. The number of nitrogens with zero attached hydrogens (tertiary/aromatic N) is 1. The Balaban J connectivity index is 1.59. The van der Waals surface area contributed by atoms with Crippen LogP contribution in [0.1, 0.15) is 24.0 Å². The summed E-state index contributed by atoms with van der Waals surface area (Å²) in [5.74, 6) is -1.18. The first-order chi connectivity index (χ1) is 15.3. The van der Waals surface area contributed by atoms with E-state index in [0.29, 0.717) is 13.0 Å². The molecule has 6 nitrogen and oxygen atoms in total. The molecule has 170 valence electrons. The molecular weight excluding hydrogens is 432 g/mol. The fraction of sp³-hybridized carbons (Fsp3) is 0.273. The molecule has 1 saturated heterocycles. The van der Waals surface area contributed by atoms with Crippen LogP contribution in [0.15, 0.2) is 48.5 Å². The van der Waals surface area contributed by atoms with E-state index in [1.807, 2.05) is 0 Å². The van der Waals surface area contributed by atoms with E-state index in [9.17, 15) is 27.2 Å². The minimum Gasteiger partial charge on any atom is -0.435 e. The van der Waals surface area contributed by atoms with Gasteiger partial charge in [-0.3, -0.25) is 9.59 Å². The zero-order valence-corrected chi connectivity index (χ0v) is 16.8. The molecule has 2 aromatic rings. The van der Waals surface area contributed by atoms with Gasteiger partial charge in [0.2, 0.25) is 11.8 Å². The summed E-state index contributed by atoms with van der Waals surface area (Å²) < 4.78 is 58.4. The molecule has 0 spiro atoms. The van der Waals surface area contributed by atoms with Crippen molar-refractivity contribution in [2.24, 2.45) is 0 Å². The number of carbonyl (C=O) groups is 2. The number of hydrogen-bond donors (Lipinski definition) is 1. The van der Waals surface area contributed by atoms with Gasteiger partial charge in [0.05, 0.1) is 0 Å². The number of amides is 2. The number of alkyl halides is 4. The second-order valence-corrected chi connectivity index (χ2v) is 6.82. The van der Waals surface area contributed by atoms with Crippen molar-refractivity contribution in [1.29, 1.82) is 0 Å². The van der Waals surface area contributed by atoms with Gasteiger partial charge in [0.1, 0.15) is 11.5 Å². The first-order valence-corrected chi connectivity index (χ1v) is 9.70. The van der Waals surface area contributed by atoms with E-state index >= 15 is 0 Å². The van der Waals surface area contributed by atoms with Crippen LogP contribution in [-0.4, -0.2) is 31.6 Å². The molecule has 0 radical (unpaired) electrons. The SMILES string of the molecule is O=C(/C=C/c1ccc(OC(F)F)cc1OC(F)F)NCc1ccc(N2CCCC2=O)cc1. The summed E-state index contributed by atoms with van der Waals surface area (Å²) in [5.41, 5.74) is 1.69. The van der Waals surface area contributed by atoms with E-state index in [2.05, 4.69) is 14.8 Å². The third-order valence-electron chi connectivity index (χ3n) is 4.63. The van der Waals surface area contributed by atoms with Gasteiger partial charge in [0.15, 0.2) is 0 Å². The number of anilines is 1. The number of rotatable bonds is 9. The van der Waals surface area contributed by atoms with Crippen molar-refractivity contribution in [3.8, 4) is 11.5 Å². The summed E-state index contributed by atoms with van der Waals surface area (Å²) in [6.45, 7) is -5.41. The van der Waals surface area contributed by atoms with Crippen LogP contribution in [0.4, 0.5) is 23.2 Å². The normalized spacial score (nSPS) is 13.9. The maximum atomic E-state index is 12.6. The lowest BCUT2D eigenvalue weighted by atomic mass is 10.1. The van der Waals surface area contributed by atoms with Crippen molar-refractivity contribution in [3.63, 3.8) is 0 Å². The molecule has 2 aromatic carbocycles. The van der Waals surface area contributed by atoms with Crippen LogP contribution in [0.25, 0.3) is 6.08 Å². The monoisotopic (exact) mass is 452 g/mol. The predicted octanol–water partition coefficient (Wildman–Crippen LogP) is 4.35. The molecule has 0 aliphatic carbocycles. The molecule has 0 saturated carbocycles. The smallest absolute Gasteiger partial charge is 0.387 e. The van der Waals surface area contributed by atoms with E-state index in [1.165, 1.54) is 12.1 Å². The lowest BCUT2D eigenvalue weighted by molar-refractivity contribution is -0.117. The van der Waals surface area contributed by atoms with Crippen LogP contribution in [0.5, 0.6) is 11.5 Å². The molecule has 0 bridgehead atoms. The fourth-order valence-electron chi connectivity index (χ4n) is 3.16. The molecule has 32 heavy (non-hydrogen) atoms. The topological polar surface area (TPSA) is 67.9 Å². The lowest BCUT2D eigenvalue weighted by Gasteiger charge is -2.16. The first kappa shape index (κ1) is 23.1. The van der Waals surface area contributed by atoms with Crippen molar-refractivity contribution in [2.75, 3.05) is 11.4 Å². The molecule has 1 heterocycles. The number of benzene rings is 2. The molecule has 1 N–H and O–H groups in total. The molecule has 1 fully saturated rings. The van der Waals surface area contributed by atoms with Crippen molar-refractivity contribution < 1.29 is 36.6 Å². The summed E-state index contributed by atoms with van der Waals surface area (Å²) in [4.78, 5) is 25.6. The van der Waals surface area contributed by atoms with Gasteiger partial charge in [0.25, 0.3) is 0 Å². The molecule has 2 amide bonds. The molecule has 0 unspecified atom stereocenters. The van der Waals surface area contributed by atoms with Crippen LogP contribution in [0.3, 0.4) is 0 Å². The van der Waals surface area contributed by atoms with Gasteiger partial charge >= 0.3 is 13.2 Å². The van der Waals surface area contributed by atoms with Crippen LogP contribution < -0.4 is 19.7 Å². The zero-order valence-electron chi connectivity index (χ0n) is 16.8. The van der Waals surface area contributed by atoms with Gasteiger partial charge in [-0.05, 0) is 42.3 Å². The highest BCUT2D eigenvalue weighted by atomic mass is 19.3. The Labute approximate surface area is 181 Å². The van der Waals surface area contributed by atoms with E-state index < -0.39 is 24.9 Å². The minimum atomic E-state index is -3.18. The van der Waals surface area contributed by atoms with Gasteiger partial charge < -0.3 is 19.7 Å². The van der Waals surface area contributed by atoms with Crippen molar-refractivity contribution in [1.82, 2.24) is 5.32 Å². The Hall–Kier alpha value is -3.56. The van der Waals surface area contributed by atoms with Gasteiger partial charge in [0, 0.05) is 42.9 Å². The summed E-state index contributed by atoms with van der Waals surface area (Å²) in [7, 11) is 0. The quantitative estimate of drug-likeness (QED) is 0.454. The Bertz CT molecular complexity index is 980. The first-order valence-electron chi connectivity index (χ1n) is 9.70. The van der Waals surface area contributed by atoms with Crippen LogP contribution in [-0.2, 0) is 16.1 Å². The molecule has 1 aliphatic rings. The fourth-order valence-corrected chi connectivity index (χ4v) is 3.16. The second kappa shape index (κ2) is 10.7. The Morgan fingerprint density at radius 1 is 1.06 bits per heavy atom. The third kappa shape index (κ3) is 6.47. The number of carbonyl (C=O) groups excluding carboxylic acids is 2. The maximum Gasteiger partial charge on any atom is 0.387 e. The van der Waals surface area contributed by atoms with Crippen LogP contribution >= 0.6 is 0 Å². The lowest BCUT2D eigenvalue weighted by Crippen LogP contribution is -2.23. The van der Waals surface area contributed by atoms with E-state index in [0.717, 1.165) is 35.9 Å². The van der Waals surface area contributed by atoms with Crippen molar-refractivity contribution >= 4 is 23.6 Å². The molecule has 1 aliphatic heterocycles. The Kier molecular flexibility index (Phi) is 7.69. The highest BCUT2D eigenvalue weighted by molar-refractivity contribution is 5.95. The van der Waals surface area contributed by atoms with Gasteiger partial charge in [-0.1, -0.05) is 12.1 Å². The van der Waals surface area contributed by atoms with E-state index in [4.69, 9.17) is 0 Å². The number of ether oxygens (including phenoxy) is 2. The summed E-state index contributed by atoms with van der Waals surface area (Å²) in [6.07, 6.45) is 3.70. The molecule has 0 aromatic heterocycles. The Morgan fingerprint density at radius 3 is 2.41 bits per heavy atom. The minimum absolute atomic E-state index is 0.0835. The average Bonchev–Trinajstić information content (AvgIpc) is 3.17. The van der Waals surface area contributed by atoms with Gasteiger partial charge in [-0.2, -0.15) is 17.6 Å². The number of hydrogen-bond acceptors (Lipinski definition) is 4. The van der Waals surface area contributed by atoms with E-state index in [-0.39, 0.29) is 23.8 Å². The van der Waals surface area contributed by atoms with E-state index in [1.54, 1.807) is 29.2 Å². The molecular formula is C22H20F4N2O4. The second-order valence-electron chi connectivity index (χ2n) is 6.82.